The van der Waals surface area contributed by atoms with Gasteiger partial charge in [-0.25, -0.2) is 0 Å². The summed E-state index contributed by atoms with van der Waals surface area (Å²) < 4.78 is 5.22. The molecule has 6 heteroatoms. The van der Waals surface area contributed by atoms with Crippen LogP contribution >= 0.6 is 0 Å². The molecular weight excluding hydrogens is 380 g/mol. The fourth-order valence-corrected chi connectivity index (χ4v) is 3.65. The van der Waals surface area contributed by atoms with E-state index in [0.717, 1.165) is 34.4 Å². The molecule has 0 spiro atoms. The first-order valence-electron chi connectivity index (χ1n) is 10.0. The van der Waals surface area contributed by atoms with Crippen molar-refractivity contribution < 1.29 is 19.1 Å². The van der Waals surface area contributed by atoms with Crippen molar-refractivity contribution in [3.63, 3.8) is 0 Å². The smallest absolute Gasteiger partial charge is 0.308 e. The van der Waals surface area contributed by atoms with Crippen LogP contribution < -0.4 is 5.32 Å². The fourth-order valence-electron chi connectivity index (χ4n) is 3.65. The Bertz CT molecular complexity index is 996. The van der Waals surface area contributed by atoms with E-state index in [4.69, 9.17) is 4.74 Å². The molecule has 3 rings (SSSR count). The van der Waals surface area contributed by atoms with Crippen molar-refractivity contribution in [1.82, 2.24) is 4.90 Å². The van der Waals surface area contributed by atoms with Gasteiger partial charge in [0, 0.05) is 18.8 Å². The minimum Gasteiger partial charge on any atom is -0.455 e. The summed E-state index contributed by atoms with van der Waals surface area (Å²) in [5.41, 5.74) is 4.57. The van der Waals surface area contributed by atoms with Crippen LogP contribution in [0.5, 0.6) is 0 Å². The van der Waals surface area contributed by atoms with Crippen molar-refractivity contribution >= 4 is 29.5 Å². The average molecular weight is 406 g/mol. The summed E-state index contributed by atoms with van der Waals surface area (Å²) in [5.74, 6) is -1.09. The quantitative estimate of drug-likeness (QED) is 0.736. The van der Waals surface area contributed by atoms with E-state index in [1.807, 2.05) is 62.4 Å². The molecule has 6 nitrogen and oxygen atoms in total. The highest BCUT2D eigenvalue weighted by atomic mass is 16.5. The summed E-state index contributed by atoms with van der Waals surface area (Å²) >= 11 is 0. The highest BCUT2D eigenvalue weighted by Gasteiger charge is 2.29. The zero-order chi connectivity index (χ0) is 21.7. The monoisotopic (exact) mass is 406 g/mol. The number of para-hydroxylation sites is 1. The summed E-state index contributed by atoms with van der Waals surface area (Å²) in [6, 6.07) is 13.0. The zero-order valence-electron chi connectivity index (χ0n) is 17.5. The number of nitrogens with one attached hydrogen (secondary N) is 1. The topological polar surface area (TPSA) is 75.7 Å². The SMILES string of the molecule is CCc1cccc(C)c1NC(=O)COC(=O)C[C@@H]1c2ccccc2C=CN1C(C)=O. The van der Waals surface area contributed by atoms with Crippen LogP contribution in [-0.2, 0) is 25.5 Å². The first-order chi connectivity index (χ1) is 14.4. The van der Waals surface area contributed by atoms with Gasteiger partial charge in [0.2, 0.25) is 5.91 Å². The third-order valence-electron chi connectivity index (χ3n) is 5.20. The van der Waals surface area contributed by atoms with Crippen LogP contribution in [0.1, 0.15) is 48.6 Å². The van der Waals surface area contributed by atoms with Crippen LogP contribution in [0.2, 0.25) is 0 Å². The first-order valence-corrected chi connectivity index (χ1v) is 10.0. The second kappa shape index (κ2) is 9.39. The molecule has 2 aromatic rings. The van der Waals surface area contributed by atoms with E-state index in [1.165, 1.54) is 11.8 Å². The number of carbonyl (C=O) groups is 3. The summed E-state index contributed by atoms with van der Waals surface area (Å²) in [6.45, 7) is 5.02. The summed E-state index contributed by atoms with van der Waals surface area (Å²) in [4.78, 5) is 38.3. The van der Waals surface area contributed by atoms with Gasteiger partial charge in [0.1, 0.15) is 0 Å². The number of hydrogen-bond acceptors (Lipinski definition) is 4. The molecule has 0 saturated carbocycles. The molecule has 0 fully saturated rings. The number of nitrogens with zero attached hydrogens (tertiary/aromatic N) is 1. The van der Waals surface area contributed by atoms with Crippen molar-refractivity contribution in [2.45, 2.75) is 39.7 Å². The Morgan fingerprint density at radius 1 is 1.10 bits per heavy atom. The largest absolute Gasteiger partial charge is 0.455 e. The number of benzene rings is 2. The second-order valence-corrected chi connectivity index (χ2v) is 7.26. The zero-order valence-corrected chi connectivity index (χ0v) is 17.5. The van der Waals surface area contributed by atoms with Gasteiger partial charge in [-0.05, 0) is 41.7 Å². The second-order valence-electron chi connectivity index (χ2n) is 7.26. The van der Waals surface area contributed by atoms with Crippen LogP contribution in [0.25, 0.3) is 6.08 Å². The van der Waals surface area contributed by atoms with Gasteiger partial charge in [-0.15, -0.1) is 0 Å². The number of carbonyl (C=O) groups excluding carboxylic acids is 3. The minimum absolute atomic E-state index is 0.0290. The number of anilines is 1. The van der Waals surface area contributed by atoms with Crippen LogP contribution in [0.3, 0.4) is 0 Å². The number of ether oxygens (including phenoxy) is 1. The minimum atomic E-state index is -0.535. The van der Waals surface area contributed by atoms with E-state index >= 15 is 0 Å². The Hall–Kier alpha value is -3.41. The lowest BCUT2D eigenvalue weighted by molar-refractivity contribution is -0.149. The lowest BCUT2D eigenvalue weighted by Crippen LogP contribution is -2.33. The van der Waals surface area contributed by atoms with Gasteiger partial charge in [-0.3, -0.25) is 14.4 Å². The molecule has 1 atom stereocenters. The number of hydrogen-bond donors (Lipinski definition) is 1. The van der Waals surface area contributed by atoms with Crippen molar-refractivity contribution in [3.05, 3.63) is 70.9 Å². The van der Waals surface area contributed by atoms with Gasteiger partial charge in [0.15, 0.2) is 6.61 Å². The van der Waals surface area contributed by atoms with Crippen LogP contribution in [0.15, 0.2) is 48.7 Å². The Morgan fingerprint density at radius 2 is 1.87 bits per heavy atom. The number of aryl methyl sites for hydroxylation is 2. The summed E-state index contributed by atoms with van der Waals surface area (Å²) in [7, 11) is 0. The van der Waals surface area contributed by atoms with Crippen molar-refractivity contribution in [2.24, 2.45) is 0 Å². The molecule has 2 amide bonds. The van der Waals surface area contributed by atoms with Crippen LogP contribution in [0.4, 0.5) is 5.69 Å². The van der Waals surface area contributed by atoms with E-state index in [-0.39, 0.29) is 24.8 Å². The Labute approximate surface area is 176 Å². The molecule has 1 aliphatic heterocycles. The molecule has 1 heterocycles. The van der Waals surface area contributed by atoms with Crippen molar-refractivity contribution in [2.75, 3.05) is 11.9 Å². The maximum absolute atomic E-state index is 12.5. The molecule has 1 aliphatic rings. The predicted octanol–water partition coefficient (Wildman–Crippen LogP) is 4.00. The van der Waals surface area contributed by atoms with E-state index in [2.05, 4.69) is 5.32 Å². The van der Waals surface area contributed by atoms with E-state index in [1.54, 1.807) is 6.20 Å². The van der Waals surface area contributed by atoms with Crippen LogP contribution in [0, 0.1) is 6.92 Å². The number of amides is 2. The summed E-state index contributed by atoms with van der Waals surface area (Å²) in [6.07, 6.45) is 4.28. The lowest BCUT2D eigenvalue weighted by atomic mass is 9.94. The van der Waals surface area contributed by atoms with E-state index in [0.29, 0.717) is 0 Å². The van der Waals surface area contributed by atoms with Gasteiger partial charge >= 0.3 is 5.97 Å². The lowest BCUT2D eigenvalue weighted by Gasteiger charge is -2.32. The Kier molecular flexibility index (Phi) is 6.67. The van der Waals surface area contributed by atoms with E-state index < -0.39 is 12.0 Å². The van der Waals surface area contributed by atoms with Crippen LogP contribution in [-0.4, -0.2) is 29.3 Å². The maximum atomic E-state index is 12.5. The summed E-state index contributed by atoms with van der Waals surface area (Å²) in [5, 5.41) is 2.84. The van der Waals surface area contributed by atoms with Gasteiger partial charge in [-0.2, -0.15) is 0 Å². The fraction of sp³-hybridized carbons (Fsp3) is 0.292. The molecule has 0 aliphatic carbocycles. The molecular formula is C24H26N2O4. The molecule has 0 bridgehead atoms. The Morgan fingerprint density at radius 3 is 2.60 bits per heavy atom. The molecule has 156 valence electrons. The highest BCUT2D eigenvalue weighted by Crippen LogP contribution is 2.33. The third kappa shape index (κ3) is 4.76. The number of fused-ring (bicyclic) bond motifs is 1. The molecule has 0 radical (unpaired) electrons. The maximum Gasteiger partial charge on any atom is 0.308 e. The molecule has 30 heavy (non-hydrogen) atoms. The van der Waals surface area contributed by atoms with Gasteiger partial charge in [-0.1, -0.05) is 49.4 Å². The normalized spacial score (nSPS) is 14.8. The molecule has 2 aromatic carbocycles. The number of rotatable bonds is 6. The average Bonchev–Trinajstić information content (AvgIpc) is 2.73. The van der Waals surface area contributed by atoms with Crippen molar-refractivity contribution in [1.29, 1.82) is 0 Å². The predicted molar refractivity (Wildman–Crippen MR) is 115 cm³/mol. The third-order valence-corrected chi connectivity index (χ3v) is 5.20. The van der Waals surface area contributed by atoms with Gasteiger partial charge in [0.25, 0.3) is 5.91 Å². The molecule has 0 unspecified atom stereocenters. The van der Waals surface area contributed by atoms with E-state index in [9.17, 15) is 14.4 Å². The molecule has 0 saturated heterocycles. The Balaban J connectivity index is 1.63. The standard InChI is InChI=1S/C24H26N2O4/c1-4-18-10-7-8-16(2)24(18)25-22(28)15-30-23(29)14-21-20-11-6-5-9-19(20)12-13-26(21)17(3)27/h5-13,21H,4,14-15H2,1-3H3,(H,25,28)/t21-/m1/s1. The molecule has 1 N–H and O–H groups in total. The molecule has 0 aromatic heterocycles. The highest BCUT2D eigenvalue weighted by molar-refractivity contribution is 5.94. The first kappa shape index (κ1) is 21.3. The van der Waals surface area contributed by atoms with Gasteiger partial charge in [0.05, 0.1) is 12.5 Å². The number of esters is 1. The van der Waals surface area contributed by atoms with Gasteiger partial charge < -0.3 is 15.0 Å². The van der Waals surface area contributed by atoms with Crippen molar-refractivity contribution in [3.8, 4) is 0 Å².